The van der Waals surface area contributed by atoms with Gasteiger partial charge >= 0.3 is 0 Å². The van der Waals surface area contributed by atoms with Gasteiger partial charge in [-0.15, -0.1) is 0 Å². The third kappa shape index (κ3) is 3.86. The summed E-state index contributed by atoms with van der Waals surface area (Å²) in [5.74, 6) is 1.70. The van der Waals surface area contributed by atoms with E-state index in [1.165, 1.54) is 39.4 Å². The summed E-state index contributed by atoms with van der Waals surface area (Å²) in [6.45, 7) is 4.71. The first-order valence-electron chi connectivity index (χ1n) is 6.78. The fraction of sp³-hybridized carbons (Fsp3) is 0.600. The van der Waals surface area contributed by atoms with Crippen molar-refractivity contribution < 1.29 is 0 Å². The summed E-state index contributed by atoms with van der Waals surface area (Å²) in [5.41, 5.74) is 1.24. The van der Waals surface area contributed by atoms with Crippen molar-refractivity contribution in [2.45, 2.75) is 45.6 Å². The summed E-state index contributed by atoms with van der Waals surface area (Å²) in [5, 5.41) is 3.71. The Bertz CT molecular complexity index is 405. The third-order valence-electron chi connectivity index (χ3n) is 3.95. The van der Waals surface area contributed by atoms with Crippen LogP contribution in [0, 0.1) is 15.4 Å². The number of hydrogen-bond donors (Lipinski definition) is 1. The molecule has 2 rings (SSSR count). The minimum Gasteiger partial charge on any atom is -0.381 e. The van der Waals surface area contributed by atoms with E-state index in [0.717, 1.165) is 11.8 Å². The third-order valence-corrected chi connectivity index (χ3v) is 5.28. The maximum absolute atomic E-state index is 3.71. The molecule has 2 unspecified atom stereocenters. The zero-order chi connectivity index (χ0) is 13.1. The van der Waals surface area contributed by atoms with E-state index < -0.39 is 0 Å². The predicted octanol–water partition coefficient (Wildman–Crippen LogP) is 5.68. The molecule has 0 saturated heterocycles. The van der Waals surface area contributed by atoms with Crippen LogP contribution in [0.25, 0.3) is 0 Å². The summed E-state index contributed by atoms with van der Waals surface area (Å²) < 4.78 is 2.45. The molecule has 100 valence electrons. The molecule has 1 fully saturated rings. The van der Waals surface area contributed by atoms with Crippen LogP contribution >= 0.6 is 38.5 Å². The van der Waals surface area contributed by atoms with Crippen LogP contribution in [0.5, 0.6) is 0 Å². The van der Waals surface area contributed by atoms with Crippen LogP contribution < -0.4 is 5.32 Å². The number of rotatable bonds is 3. The van der Waals surface area contributed by atoms with Crippen LogP contribution in [0.3, 0.4) is 0 Å². The van der Waals surface area contributed by atoms with Crippen LogP contribution in [-0.2, 0) is 0 Å². The first-order chi connectivity index (χ1) is 8.56. The fourth-order valence-corrected chi connectivity index (χ4v) is 4.20. The maximum Gasteiger partial charge on any atom is 0.0487 e. The van der Waals surface area contributed by atoms with Crippen LogP contribution in [0.2, 0.25) is 0 Å². The molecule has 0 aromatic heterocycles. The molecule has 0 aliphatic heterocycles. The van der Waals surface area contributed by atoms with E-state index in [0.29, 0.717) is 6.04 Å². The molecule has 0 amide bonds. The summed E-state index contributed by atoms with van der Waals surface area (Å²) >= 11 is 6.00. The monoisotopic (exact) mass is 421 g/mol. The van der Waals surface area contributed by atoms with Gasteiger partial charge in [0.05, 0.1) is 0 Å². The Morgan fingerprint density at radius 2 is 2.11 bits per heavy atom. The van der Waals surface area contributed by atoms with Gasteiger partial charge in [0.1, 0.15) is 0 Å². The van der Waals surface area contributed by atoms with Crippen molar-refractivity contribution in [2.75, 3.05) is 5.32 Å². The molecule has 0 bridgehead atoms. The molecule has 1 aliphatic rings. The number of benzene rings is 1. The topological polar surface area (TPSA) is 12.0 Å². The number of nitrogens with one attached hydrogen (secondary N) is 1. The van der Waals surface area contributed by atoms with Crippen molar-refractivity contribution in [1.29, 1.82) is 0 Å². The molecule has 1 nitrogen and oxygen atoms in total. The molecular weight excluding hydrogens is 401 g/mol. The largest absolute Gasteiger partial charge is 0.381 e. The van der Waals surface area contributed by atoms with Crippen LogP contribution in [0.1, 0.15) is 39.5 Å². The highest BCUT2D eigenvalue weighted by molar-refractivity contribution is 14.1. The zero-order valence-corrected chi connectivity index (χ0v) is 14.8. The van der Waals surface area contributed by atoms with Gasteiger partial charge in [0.2, 0.25) is 0 Å². The average Bonchev–Trinajstić information content (AvgIpc) is 2.33. The molecule has 1 aromatic rings. The second-order valence-electron chi connectivity index (χ2n) is 5.64. The molecule has 3 heteroatoms. The lowest BCUT2D eigenvalue weighted by Gasteiger charge is -2.33. The van der Waals surface area contributed by atoms with Crippen LogP contribution in [-0.4, -0.2) is 6.04 Å². The van der Waals surface area contributed by atoms with Gasteiger partial charge in [-0.05, 0) is 81.4 Å². The molecule has 2 atom stereocenters. The molecule has 0 spiro atoms. The van der Waals surface area contributed by atoms with E-state index in [1.807, 2.05) is 0 Å². The quantitative estimate of drug-likeness (QED) is 0.619. The molecular formula is C15H21BrIN. The minimum atomic E-state index is 0.641. The highest BCUT2D eigenvalue weighted by Gasteiger charge is 2.24. The van der Waals surface area contributed by atoms with Gasteiger partial charge in [-0.3, -0.25) is 0 Å². The lowest BCUT2D eigenvalue weighted by atomic mass is 9.79. The SMILES string of the molecule is CC(C)C1CCCC(Nc2ccc(I)cc2Br)C1. The lowest BCUT2D eigenvalue weighted by molar-refractivity contribution is 0.264. The van der Waals surface area contributed by atoms with Crippen molar-refractivity contribution in [1.82, 2.24) is 0 Å². The van der Waals surface area contributed by atoms with E-state index in [2.05, 4.69) is 75.9 Å². The number of halogens is 2. The first kappa shape index (κ1) is 14.6. The molecule has 1 N–H and O–H groups in total. The van der Waals surface area contributed by atoms with Gasteiger partial charge in [-0.25, -0.2) is 0 Å². The minimum absolute atomic E-state index is 0.641. The van der Waals surface area contributed by atoms with Gasteiger partial charge in [-0.2, -0.15) is 0 Å². The smallest absolute Gasteiger partial charge is 0.0487 e. The number of anilines is 1. The van der Waals surface area contributed by atoms with Crippen molar-refractivity contribution in [2.24, 2.45) is 11.8 Å². The van der Waals surface area contributed by atoms with E-state index in [4.69, 9.17) is 0 Å². The zero-order valence-electron chi connectivity index (χ0n) is 11.0. The predicted molar refractivity (Wildman–Crippen MR) is 91.1 cm³/mol. The van der Waals surface area contributed by atoms with Crippen LogP contribution in [0.15, 0.2) is 22.7 Å². The second kappa shape index (κ2) is 6.60. The van der Waals surface area contributed by atoms with E-state index in [1.54, 1.807) is 0 Å². The molecule has 0 radical (unpaired) electrons. The van der Waals surface area contributed by atoms with Gasteiger partial charge in [0.25, 0.3) is 0 Å². The maximum atomic E-state index is 3.71. The number of hydrogen-bond acceptors (Lipinski definition) is 1. The standard InChI is InChI=1S/C15H21BrIN/c1-10(2)11-4-3-5-13(8-11)18-15-7-6-12(17)9-14(15)16/h6-7,9-11,13,18H,3-5,8H2,1-2H3. The van der Waals surface area contributed by atoms with Gasteiger partial charge < -0.3 is 5.32 Å². The van der Waals surface area contributed by atoms with Gasteiger partial charge in [0, 0.05) is 19.8 Å². The average molecular weight is 422 g/mol. The van der Waals surface area contributed by atoms with Crippen molar-refractivity contribution in [3.8, 4) is 0 Å². The molecule has 0 heterocycles. The van der Waals surface area contributed by atoms with Crippen LogP contribution in [0.4, 0.5) is 5.69 Å². The second-order valence-corrected chi connectivity index (χ2v) is 7.74. The van der Waals surface area contributed by atoms with Crippen molar-refractivity contribution in [3.05, 3.63) is 26.2 Å². The summed E-state index contributed by atoms with van der Waals surface area (Å²) in [7, 11) is 0. The Hall–Kier alpha value is 0.230. The van der Waals surface area contributed by atoms with Gasteiger partial charge in [-0.1, -0.05) is 26.7 Å². The molecule has 1 aliphatic carbocycles. The van der Waals surface area contributed by atoms with E-state index in [-0.39, 0.29) is 0 Å². The van der Waals surface area contributed by atoms with E-state index >= 15 is 0 Å². The Labute approximate surface area is 132 Å². The Balaban J connectivity index is 2.00. The molecule has 1 saturated carbocycles. The Kier molecular flexibility index (Phi) is 5.36. The summed E-state index contributed by atoms with van der Waals surface area (Å²) in [6, 6.07) is 7.16. The molecule has 1 aromatic carbocycles. The van der Waals surface area contributed by atoms with Crippen molar-refractivity contribution in [3.63, 3.8) is 0 Å². The highest BCUT2D eigenvalue weighted by atomic mass is 127. The molecule has 18 heavy (non-hydrogen) atoms. The summed E-state index contributed by atoms with van der Waals surface area (Å²) in [4.78, 5) is 0. The normalized spacial score (nSPS) is 24.3. The van der Waals surface area contributed by atoms with Crippen molar-refractivity contribution >= 4 is 44.2 Å². The van der Waals surface area contributed by atoms with E-state index in [9.17, 15) is 0 Å². The first-order valence-corrected chi connectivity index (χ1v) is 8.65. The Morgan fingerprint density at radius 3 is 2.78 bits per heavy atom. The fourth-order valence-electron chi connectivity index (χ4n) is 2.79. The Morgan fingerprint density at radius 1 is 1.33 bits per heavy atom. The highest BCUT2D eigenvalue weighted by Crippen LogP contribution is 2.33. The summed E-state index contributed by atoms with van der Waals surface area (Å²) in [6.07, 6.45) is 5.39. The lowest BCUT2D eigenvalue weighted by Crippen LogP contribution is -2.29. The van der Waals surface area contributed by atoms with Gasteiger partial charge in [0.15, 0.2) is 0 Å².